The maximum atomic E-state index is 12.4. The van der Waals surface area contributed by atoms with Crippen molar-refractivity contribution in [1.82, 2.24) is 0 Å². The highest BCUT2D eigenvalue weighted by Crippen LogP contribution is 2.26. The first-order chi connectivity index (χ1) is 11.0. The van der Waals surface area contributed by atoms with E-state index < -0.39 is 0 Å². The minimum atomic E-state index is 0.0435. The van der Waals surface area contributed by atoms with Crippen LogP contribution in [0.1, 0.15) is 33.5 Å². The molecule has 0 saturated heterocycles. The third-order valence-corrected chi connectivity index (χ3v) is 5.19. The van der Waals surface area contributed by atoms with Crippen LogP contribution in [0.5, 0.6) is 0 Å². The molecule has 0 spiro atoms. The van der Waals surface area contributed by atoms with E-state index in [4.69, 9.17) is 0 Å². The second-order valence-corrected chi connectivity index (χ2v) is 6.92. The zero-order valence-corrected chi connectivity index (χ0v) is 14.1. The van der Waals surface area contributed by atoms with Gasteiger partial charge in [-0.1, -0.05) is 17.7 Å². The van der Waals surface area contributed by atoms with Crippen molar-refractivity contribution in [3.8, 4) is 0 Å². The molecular weight excluding hydrogens is 306 g/mol. The van der Waals surface area contributed by atoms with Gasteiger partial charge in [-0.15, -0.1) is 11.8 Å². The van der Waals surface area contributed by atoms with Gasteiger partial charge in [-0.25, -0.2) is 0 Å². The van der Waals surface area contributed by atoms with Crippen molar-refractivity contribution in [2.75, 3.05) is 11.1 Å². The SMILES string of the molecule is Cc1ccc(SCC(=O)c2ccc3c(c2)CCC(=O)N3)c(C)c1. The van der Waals surface area contributed by atoms with Crippen LogP contribution in [0.25, 0.3) is 0 Å². The van der Waals surface area contributed by atoms with E-state index in [0.717, 1.165) is 21.7 Å². The molecule has 23 heavy (non-hydrogen) atoms. The summed E-state index contributed by atoms with van der Waals surface area (Å²) in [5.41, 5.74) is 5.04. The first-order valence-corrected chi connectivity index (χ1v) is 8.67. The molecule has 0 bridgehead atoms. The molecule has 3 nitrogen and oxygen atoms in total. The van der Waals surface area contributed by atoms with E-state index in [1.165, 1.54) is 11.1 Å². The number of thioether (sulfide) groups is 1. The minimum Gasteiger partial charge on any atom is -0.326 e. The number of fused-ring (bicyclic) bond motifs is 1. The number of carbonyl (C=O) groups is 2. The van der Waals surface area contributed by atoms with Gasteiger partial charge in [0.2, 0.25) is 5.91 Å². The average molecular weight is 325 g/mol. The van der Waals surface area contributed by atoms with Crippen molar-refractivity contribution in [3.63, 3.8) is 0 Å². The number of aryl methyl sites for hydroxylation is 3. The molecule has 2 aromatic carbocycles. The Morgan fingerprint density at radius 3 is 2.74 bits per heavy atom. The van der Waals surface area contributed by atoms with E-state index in [9.17, 15) is 9.59 Å². The van der Waals surface area contributed by atoms with Crippen molar-refractivity contribution >= 4 is 29.1 Å². The summed E-state index contributed by atoms with van der Waals surface area (Å²) in [6.45, 7) is 4.14. The lowest BCUT2D eigenvalue weighted by Gasteiger charge is -2.17. The van der Waals surface area contributed by atoms with Crippen molar-refractivity contribution < 1.29 is 9.59 Å². The van der Waals surface area contributed by atoms with Gasteiger partial charge >= 0.3 is 0 Å². The summed E-state index contributed by atoms with van der Waals surface area (Å²) in [4.78, 5) is 25.0. The first-order valence-electron chi connectivity index (χ1n) is 7.69. The molecule has 4 heteroatoms. The smallest absolute Gasteiger partial charge is 0.224 e. The van der Waals surface area contributed by atoms with E-state index in [2.05, 4.69) is 37.4 Å². The molecule has 1 N–H and O–H groups in total. The Hall–Kier alpha value is -2.07. The summed E-state index contributed by atoms with van der Waals surface area (Å²) >= 11 is 1.58. The number of hydrogen-bond donors (Lipinski definition) is 1. The van der Waals surface area contributed by atoms with Crippen LogP contribution < -0.4 is 5.32 Å². The summed E-state index contributed by atoms with van der Waals surface area (Å²) in [6, 6.07) is 11.8. The van der Waals surface area contributed by atoms with E-state index in [1.54, 1.807) is 17.8 Å². The lowest BCUT2D eigenvalue weighted by molar-refractivity contribution is -0.116. The number of Topliss-reactive ketones (excluding diaryl/α,β-unsaturated/α-hetero) is 1. The summed E-state index contributed by atoms with van der Waals surface area (Å²) < 4.78 is 0. The monoisotopic (exact) mass is 325 g/mol. The van der Waals surface area contributed by atoms with E-state index in [0.29, 0.717) is 18.6 Å². The topological polar surface area (TPSA) is 46.2 Å². The van der Waals surface area contributed by atoms with Crippen LogP contribution in [-0.2, 0) is 11.2 Å². The van der Waals surface area contributed by atoms with Crippen LogP contribution in [0.3, 0.4) is 0 Å². The van der Waals surface area contributed by atoms with Gasteiger partial charge in [0.1, 0.15) is 0 Å². The highest BCUT2D eigenvalue weighted by Gasteiger charge is 2.16. The zero-order valence-electron chi connectivity index (χ0n) is 13.3. The Labute approximate surface area is 140 Å². The molecule has 3 rings (SSSR count). The molecule has 0 radical (unpaired) electrons. The largest absolute Gasteiger partial charge is 0.326 e. The number of benzene rings is 2. The molecule has 0 aromatic heterocycles. The van der Waals surface area contributed by atoms with Crippen molar-refractivity contribution in [1.29, 1.82) is 0 Å². The molecule has 118 valence electrons. The number of anilines is 1. The molecule has 0 saturated carbocycles. The Morgan fingerprint density at radius 1 is 1.13 bits per heavy atom. The average Bonchev–Trinajstić information content (AvgIpc) is 2.53. The first kappa shape index (κ1) is 15.8. The molecule has 1 aliphatic heterocycles. The van der Waals surface area contributed by atoms with Crippen LogP contribution in [0, 0.1) is 13.8 Å². The molecular formula is C19H19NO2S. The maximum Gasteiger partial charge on any atom is 0.224 e. The van der Waals surface area contributed by atoms with Crippen LogP contribution in [0.15, 0.2) is 41.3 Å². The molecule has 2 aromatic rings. The maximum absolute atomic E-state index is 12.4. The van der Waals surface area contributed by atoms with Gasteiger partial charge in [-0.3, -0.25) is 9.59 Å². The van der Waals surface area contributed by atoms with E-state index >= 15 is 0 Å². The molecule has 1 amide bonds. The molecule has 1 heterocycles. The molecule has 0 atom stereocenters. The quantitative estimate of drug-likeness (QED) is 0.678. The van der Waals surface area contributed by atoms with Crippen molar-refractivity contribution in [2.45, 2.75) is 31.6 Å². The number of rotatable bonds is 4. The Balaban J connectivity index is 1.70. The lowest BCUT2D eigenvalue weighted by Crippen LogP contribution is -2.19. The van der Waals surface area contributed by atoms with Gasteiger partial charge in [0, 0.05) is 22.6 Å². The minimum absolute atomic E-state index is 0.0435. The molecule has 1 aliphatic rings. The number of amides is 1. The number of ketones is 1. The van der Waals surface area contributed by atoms with Crippen molar-refractivity contribution in [2.24, 2.45) is 0 Å². The standard InChI is InChI=1S/C19H19NO2S/c1-12-3-7-18(13(2)9-12)23-11-17(21)15-4-6-16-14(10-15)5-8-19(22)20-16/h3-4,6-7,9-10H,5,8,11H2,1-2H3,(H,20,22). The fourth-order valence-corrected chi connectivity index (χ4v) is 3.65. The summed E-state index contributed by atoms with van der Waals surface area (Å²) in [5, 5.41) is 2.84. The summed E-state index contributed by atoms with van der Waals surface area (Å²) in [7, 11) is 0. The fraction of sp³-hybridized carbons (Fsp3) is 0.263. The Kier molecular flexibility index (Phi) is 4.53. The number of carbonyl (C=O) groups excluding carboxylic acids is 2. The third-order valence-electron chi connectivity index (χ3n) is 4.01. The number of nitrogens with one attached hydrogen (secondary N) is 1. The van der Waals surface area contributed by atoms with E-state index in [-0.39, 0.29) is 11.7 Å². The highest BCUT2D eigenvalue weighted by atomic mass is 32.2. The third kappa shape index (κ3) is 3.64. The summed E-state index contributed by atoms with van der Waals surface area (Å²) in [5.74, 6) is 0.589. The van der Waals surface area contributed by atoms with Crippen LogP contribution in [0.4, 0.5) is 5.69 Å². The predicted octanol–water partition coefficient (Wildman–Crippen LogP) is 4.16. The molecule has 0 fully saturated rings. The second-order valence-electron chi connectivity index (χ2n) is 5.90. The Bertz CT molecular complexity index is 783. The highest BCUT2D eigenvalue weighted by molar-refractivity contribution is 8.00. The van der Waals surface area contributed by atoms with Gasteiger partial charge in [0.15, 0.2) is 5.78 Å². The van der Waals surface area contributed by atoms with Gasteiger partial charge in [0.25, 0.3) is 0 Å². The lowest BCUT2D eigenvalue weighted by atomic mass is 9.99. The molecule has 0 unspecified atom stereocenters. The van der Waals surface area contributed by atoms with E-state index in [1.807, 2.05) is 12.1 Å². The van der Waals surface area contributed by atoms with Gasteiger partial charge in [-0.2, -0.15) is 0 Å². The fourth-order valence-electron chi connectivity index (χ4n) is 2.74. The zero-order chi connectivity index (χ0) is 16.4. The van der Waals surface area contributed by atoms with Gasteiger partial charge in [-0.05, 0) is 55.7 Å². The summed E-state index contributed by atoms with van der Waals surface area (Å²) in [6.07, 6.45) is 1.19. The van der Waals surface area contributed by atoms with Gasteiger partial charge < -0.3 is 5.32 Å². The predicted molar refractivity (Wildman–Crippen MR) is 94.4 cm³/mol. The van der Waals surface area contributed by atoms with Crippen LogP contribution >= 0.6 is 11.8 Å². The normalized spacial score (nSPS) is 13.4. The van der Waals surface area contributed by atoms with Crippen LogP contribution in [-0.4, -0.2) is 17.4 Å². The molecule has 0 aliphatic carbocycles. The Morgan fingerprint density at radius 2 is 1.96 bits per heavy atom. The van der Waals surface area contributed by atoms with Crippen LogP contribution in [0.2, 0.25) is 0 Å². The second kappa shape index (κ2) is 6.59. The van der Waals surface area contributed by atoms with Crippen molar-refractivity contribution in [3.05, 3.63) is 58.7 Å². The number of hydrogen-bond acceptors (Lipinski definition) is 3. The van der Waals surface area contributed by atoms with Gasteiger partial charge in [0.05, 0.1) is 5.75 Å².